The fraction of sp³-hybridized carbons (Fsp3) is 0.412. The first-order chi connectivity index (χ1) is 12.2. The highest BCUT2D eigenvalue weighted by Crippen LogP contribution is 2.31. The molecule has 0 saturated carbocycles. The maximum atomic E-state index is 12.2. The van der Waals surface area contributed by atoms with Gasteiger partial charge in [-0.25, -0.2) is 0 Å². The van der Waals surface area contributed by atoms with Crippen molar-refractivity contribution in [3.8, 4) is 5.75 Å². The molecule has 25 heavy (non-hydrogen) atoms. The van der Waals surface area contributed by atoms with Gasteiger partial charge in [-0.05, 0) is 18.6 Å². The van der Waals surface area contributed by atoms with Crippen LogP contribution in [0.25, 0.3) is 0 Å². The molecule has 0 saturated heterocycles. The molecule has 0 fully saturated rings. The van der Waals surface area contributed by atoms with Gasteiger partial charge in [-0.15, -0.1) is 10.2 Å². The van der Waals surface area contributed by atoms with Crippen LogP contribution in [-0.4, -0.2) is 35.2 Å². The molecule has 132 valence electrons. The lowest BCUT2D eigenvalue weighted by molar-refractivity contribution is -0.121. The molecule has 2 amide bonds. The van der Waals surface area contributed by atoms with Gasteiger partial charge in [0.1, 0.15) is 10.8 Å². The minimum absolute atomic E-state index is 0.00415. The number of carbonyl (C=O) groups excluding carboxylic acids is 2. The van der Waals surface area contributed by atoms with Crippen LogP contribution < -0.4 is 15.0 Å². The van der Waals surface area contributed by atoms with Gasteiger partial charge in [0.15, 0.2) is 6.61 Å². The third kappa shape index (κ3) is 4.33. The molecular formula is C17H20N4O3S. The number of nitrogens with zero attached hydrogens (tertiary/aromatic N) is 3. The van der Waals surface area contributed by atoms with Crippen molar-refractivity contribution in [2.24, 2.45) is 0 Å². The zero-order chi connectivity index (χ0) is 17.6. The largest absolute Gasteiger partial charge is 0.482 e. The number of unbranched alkanes of at least 4 members (excludes halogenated alkanes) is 1. The van der Waals surface area contributed by atoms with Gasteiger partial charge < -0.3 is 15.0 Å². The lowest BCUT2D eigenvalue weighted by Gasteiger charge is -2.29. The summed E-state index contributed by atoms with van der Waals surface area (Å²) in [5, 5.41) is 12.2. The third-order valence-electron chi connectivity index (χ3n) is 3.83. The highest BCUT2D eigenvalue weighted by Gasteiger charge is 2.25. The number of nitrogens with one attached hydrogen (secondary N) is 1. The van der Waals surface area contributed by atoms with Gasteiger partial charge in [0, 0.05) is 19.4 Å². The van der Waals surface area contributed by atoms with E-state index in [4.69, 9.17) is 4.74 Å². The quantitative estimate of drug-likeness (QED) is 0.820. The van der Waals surface area contributed by atoms with E-state index in [1.807, 2.05) is 24.3 Å². The maximum Gasteiger partial charge on any atom is 0.265 e. The SMILES string of the molecule is CCCCc1nnc(NC(=O)CCN2C(=O)COc3ccccc32)s1. The molecule has 0 spiro atoms. The van der Waals surface area contributed by atoms with Gasteiger partial charge in [-0.3, -0.25) is 9.59 Å². The van der Waals surface area contributed by atoms with E-state index in [1.54, 1.807) is 4.90 Å². The first kappa shape index (κ1) is 17.3. The number of aryl methyl sites for hydroxylation is 1. The second-order valence-electron chi connectivity index (χ2n) is 5.70. The summed E-state index contributed by atoms with van der Waals surface area (Å²) in [6.45, 7) is 2.41. The van der Waals surface area contributed by atoms with Crippen LogP contribution in [0.2, 0.25) is 0 Å². The number of ether oxygens (including phenoxy) is 1. The van der Waals surface area contributed by atoms with Crippen molar-refractivity contribution in [1.82, 2.24) is 10.2 Å². The number of fused-ring (bicyclic) bond motifs is 1. The van der Waals surface area contributed by atoms with E-state index in [0.717, 1.165) is 24.3 Å². The first-order valence-electron chi connectivity index (χ1n) is 8.32. The van der Waals surface area contributed by atoms with Crippen LogP contribution in [0.3, 0.4) is 0 Å². The second kappa shape index (κ2) is 8.06. The first-order valence-corrected chi connectivity index (χ1v) is 9.13. The number of amides is 2. The number of hydrogen-bond donors (Lipinski definition) is 1. The third-order valence-corrected chi connectivity index (χ3v) is 4.73. The van der Waals surface area contributed by atoms with Crippen LogP contribution in [0.15, 0.2) is 24.3 Å². The fourth-order valence-electron chi connectivity index (χ4n) is 2.53. The zero-order valence-electron chi connectivity index (χ0n) is 14.0. The van der Waals surface area contributed by atoms with Gasteiger partial charge in [0.25, 0.3) is 5.91 Å². The van der Waals surface area contributed by atoms with Crippen LogP contribution in [0, 0.1) is 0 Å². The average Bonchev–Trinajstić information content (AvgIpc) is 3.06. The summed E-state index contributed by atoms with van der Waals surface area (Å²) in [5.41, 5.74) is 0.698. The Morgan fingerprint density at radius 2 is 2.20 bits per heavy atom. The minimum Gasteiger partial charge on any atom is -0.482 e. The second-order valence-corrected chi connectivity index (χ2v) is 6.77. The molecule has 3 rings (SSSR count). The molecule has 0 unspecified atom stereocenters. The Bertz CT molecular complexity index is 762. The standard InChI is InChI=1S/C17H20N4O3S/c1-2-3-8-15-19-20-17(25-15)18-14(22)9-10-21-12-6-4-5-7-13(12)24-11-16(21)23/h4-7H,2-3,8-11H2,1H3,(H,18,20,22). The van der Waals surface area contributed by atoms with Crippen molar-refractivity contribution in [1.29, 1.82) is 0 Å². The number of hydrogen-bond acceptors (Lipinski definition) is 6. The molecule has 1 aliphatic rings. The molecule has 1 aromatic heterocycles. The highest BCUT2D eigenvalue weighted by atomic mass is 32.1. The van der Waals surface area contributed by atoms with Crippen LogP contribution in [-0.2, 0) is 16.0 Å². The number of anilines is 2. The van der Waals surface area contributed by atoms with Crippen molar-refractivity contribution in [3.05, 3.63) is 29.3 Å². The Morgan fingerprint density at radius 1 is 1.36 bits per heavy atom. The lowest BCUT2D eigenvalue weighted by atomic mass is 10.2. The van der Waals surface area contributed by atoms with Crippen LogP contribution >= 0.6 is 11.3 Å². The molecule has 0 aliphatic carbocycles. The van der Waals surface area contributed by atoms with Crippen LogP contribution in [0.4, 0.5) is 10.8 Å². The predicted octanol–water partition coefficient (Wildman–Crippen LogP) is 2.63. The summed E-state index contributed by atoms with van der Waals surface area (Å²) in [4.78, 5) is 25.8. The highest BCUT2D eigenvalue weighted by molar-refractivity contribution is 7.15. The monoisotopic (exact) mass is 360 g/mol. The normalized spacial score (nSPS) is 13.3. The summed E-state index contributed by atoms with van der Waals surface area (Å²) >= 11 is 1.40. The molecule has 2 aromatic rings. The Hall–Kier alpha value is -2.48. The van der Waals surface area contributed by atoms with E-state index >= 15 is 0 Å². The molecule has 8 heteroatoms. The molecule has 1 aromatic carbocycles. The van der Waals surface area contributed by atoms with Crippen molar-refractivity contribution in [2.75, 3.05) is 23.4 Å². The number of carbonyl (C=O) groups is 2. The molecule has 1 N–H and O–H groups in total. The van der Waals surface area contributed by atoms with E-state index in [2.05, 4.69) is 22.4 Å². The number of rotatable bonds is 7. The van der Waals surface area contributed by atoms with Gasteiger partial charge in [-0.2, -0.15) is 0 Å². The molecule has 7 nitrogen and oxygen atoms in total. The van der Waals surface area contributed by atoms with Crippen LogP contribution in [0.5, 0.6) is 5.75 Å². The van der Waals surface area contributed by atoms with Crippen LogP contribution in [0.1, 0.15) is 31.2 Å². The molecular weight excluding hydrogens is 340 g/mol. The number of benzene rings is 1. The summed E-state index contributed by atoms with van der Waals surface area (Å²) in [5.74, 6) is 0.325. The molecule has 0 atom stereocenters. The van der Waals surface area contributed by atoms with Gasteiger partial charge in [-0.1, -0.05) is 36.8 Å². The zero-order valence-corrected chi connectivity index (χ0v) is 14.8. The van der Waals surface area contributed by atoms with E-state index in [-0.39, 0.29) is 24.8 Å². The minimum atomic E-state index is -0.185. The van der Waals surface area contributed by atoms with Crippen molar-refractivity contribution in [3.63, 3.8) is 0 Å². The maximum absolute atomic E-state index is 12.2. The van der Waals surface area contributed by atoms with Gasteiger partial charge in [0.05, 0.1) is 5.69 Å². The fourth-order valence-corrected chi connectivity index (χ4v) is 3.33. The Balaban J connectivity index is 1.55. The lowest BCUT2D eigenvalue weighted by Crippen LogP contribution is -2.40. The topological polar surface area (TPSA) is 84.4 Å². The van der Waals surface area contributed by atoms with E-state index in [0.29, 0.717) is 23.1 Å². The van der Waals surface area contributed by atoms with Crippen molar-refractivity contribution < 1.29 is 14.3 Å². The van der Waals surface area contributed by atoms with E-state index < -0.39 is 0 Å². The molecule has 1 aliphatic heterocycles. The summed E-state index contributed by atoms with van der Waals surface area (Å²) < 4.78 is 5.39. The Labute approximate surface area is 150 Å². The van der Waals surface area contributed by atoms with E-state index in [9.17, 15) is 9.59 Å². The molecule has 0 bridgehead atoms. The van der Waals surface area contributed by atoms with Gasteiger partial charge >= 0.3 is 0 Å². The summed E-state index contributed by atoms with van der Waals surface area (Å²) in [6.07, 6.45) is 3.21. The smallest absolute Gasteiger partial charge is 0.265 e. The Kier molecular flexibility index (Phi) is 5.60. The Morgan fingerprint density at radius 3 is 3.04 bits per heavy atom. The predicted molar refractivity (Wildman–Crippen MR) is 96.1 cm³/mol. The van der Waals surface area contributed by atoms with Gasteiger partial charge in [0.2, 0.25) is 11.0 Å². The summed E-state index contributed by atoms with van der Waals surface area (Å²) in [6, 6.07) is 7.32. The number of aromatic nitrogens is 2. The molecule has 2 heterocycles. The molecule has 0 radical (unpaired) electrons. The van der Waals surface area contributed by atoms with E-state index in [1.165, 1.54) is 11.3 Å². The van der Waals surface area contributed by atoms with Crippen molar-refractivity contribution in [2.45, 2.75) is 32.6 Å². The number of para-hydroxylation sites is 2. The van der Waals surface area contributed by atoms with Crippen molar-refractivity contribution >= 4 is 34.0 Å². The average molecular weight is 360 g/mol. The summed E-state index contributed by atoms with van der Waals surface area (Å²) in [7, 11) is 0.